The van der Waals surface area contributed by atoms with E-state index < -0.39 is 0 Å². The molecule has 2 aliphatic carbocycles. The molecular formula is C28H32N8O2S. The highest BCUT2D eigenvalue weighted by Gasteiger charge is 2.34. The van der Waals surface area contributed by atoms with Crippen LogP contribution in [0, 0.1) is 12.8 Å². The quantitative estimate of drug-likeness (QED) is 0.275. The Bertz CT molecular complexity index is 1580. The van der Waals surface area contributed by atoms with Crippen LogP contribution in [0.1, 0.15) is 68.6 Å². The third kappa shape index (κ3) is 5.07. The topological polar surface area (TPSA) is 121 Å². The number of methoxy groups -OCH3 is 1. The first kappa shape index (κ1) is 25.7. The number of hydrogen-bond donors (Lipinski definition) is 1. The first-order valence-corrected chi connectivity index (χ1v) is 14.5. The van der Waals surface area contributed by atoms with Crippen LogP contribution in [0.2, 0.25) is 0 Å². The molecule has 4 aromatic rings. The van der Waals surface area contributed by atoms with Gasteiger partial charge in [-0.25, -0.2) is 24.9 Å². The van der Waals surface area contributed by atoms with Gasteiger partial charge in [0.1, 0.15) is 17.4 Å². The molecule has 6 rings (SSSR count). The molecule has 0 aromatic carbocycles. The van der Waals surface area contributed by atoms with Crippen LogP contribution in [0.15, 0.2) is 34.3 Å². The van der Waals surface area contributed by atoms with Crippen molar-refractivity contribution >= 4 is 28.7 Å². The molecule has 202 valence electrons. The lowest BCUT2D eigenvalue weighted by Crippen LogP contribution is -2.29. The van der Waals surface area contributed by atoms with Gasteiger partial charge in [0.15, 0.2) is 17.3 Å². The summed E-state index contributed by atoms with van der Waals surface area (Å²) >= 11 is 1.75. The van der Waals surface area contributed by atoms with Gasteiger partial charge in [-0.05, 0) is 63.3 Å². The van der Waals surface area contributed by atoms with Gasteiger partial charge in [0.25, 0.3) is 5.56 Å². The molecule has 10 nitrogen and oxygen atoms in total. The first-order valence-electron chi connectivity index (χ1n) is 13.5. The zero-order valence-electron chi connectivity index (χ0n) is 22.6. The molecule has 0 spiro atoms. The molecule has 4 heterocycles. The monoisotopic (exact) mass is 544 g/mol. The van der Waals surface area contributed by atoms with E-state index in [-0.39, 0.29) is 17.4 Å². The fraction of sp³-hybridized carbons (Fsp3) is 0.464. The van der Waals surface area contributed by atoms with Crippen LogP contribution >= 0.6 is 11.8 Å². The maximum absolute atomic E-state index is 13.9. The van der Waals surface area contributed by atoms with Crippen molar-refractivity contribution < 1.29 is 4.74 Å². The van der Waals surface area contributed by atoms with Gasteiger partial charge in [-0.3, -0.25) is 14.3 Å². The summed E-state index contributed by atoms with van der Waals surface area (Å²) in [6.45, 7) is 6.50. The van der Waals surface area contributed by atoms with E-state index in [9.17, 15) is 4.79 Å². The summed E-state index contributed by atoms with van der Waals surface area (Å²) in [4.78, 5) is 43.0. The summed E-state index contributed by atoms with van der Waals surface area (Å²) in [6, 6.07) is 4.01. The standard InChI is InChI=1S/C28H32N8O2S/c1-5-39-20-11-10-19(29-13-20)12-30-25-28(37)36(16(3)17-6-7-17)26-22(34-25)15(2)33-24(35-26)21-23(18-8-9-18)31-14-32-27(21)38-4/h10-11,13-14,16-18H,5-9,12H2,1-4H3,(H,30,34)/t16-/m0/s1. The number of rotatable bonds is 10. The Balaban J connectivity index is 1.45. The fourth-order valence-electron chi connectivity index (χ4n) is 4.97. The highest BCUT2D eigenvalue weighted by atomic mass is 32.2. The number of thioether (sulfide) groups is 1. The molecule has 0 radical (unpaired) electrons. The van der Waals surface area contributed by atoms with E-state index in [4.69, 9.17) is 19.7 Å². The first-order chi connectivity index (χ1) is 19.0. The second kappa shape index (κ2) is 10.5. The molecule has 0 aliphatic heterocycles. The van der Waals surface area contributed by atoms with Gasteiger partial charge >= 0.3 is 0 Å². The van der Waals surface area contributed by atoms with Crippen molar-refractivity contribution in [1.29, 1.82) is 0 Å². The summed E-state index contributed by atoms with van der Waals surface area (Å²) < 4.78 is 7.40. The zero-order valence-corrected chi connectivity index (χ0v) is 23.5. The van der Waals surface area contributed by atoms with Crippen molar-refractivity contribution in [2.75, 3.05) is 18.2 Å². The highest BCUT2D eigenvalue weighted by molar-refractivity contribution is 7.99. The van der Waals surface area contributed by atoms with Crippen LogP contribution in [-0.2, 0) is 6.54 Å². The van der Waals surface area contributed by atoms with Crippen LogP contribution in [0.4, 0.5) is 5.82 Å². The third-order valence-electron chi connectivity index (χ3n) is 7.39. The lowest BCUT2D eigenvalue weighted by atomic mass is 10.1. The number of nitrogens with one attached hydrogen (secondary N) is 1. The predicted molar refractivity (Wildman–Crippen MR) is 151 cm³/mol. The van der Waals surface area contributed by atoms with Crippen molar-refractivity contribution in [1.82, 2.24) is 34.5 Å². The van der Waals surface area contributed by atoms with E-state index in [1.54, 1.807) is 23.4 Å². The van der Waals surface area contributed by atoms with Crippen LogP contribution in [0.25, 0.3) is 22.6 Å². The number of aromatic nitrogens is 7. The summed E-state index contributed by atoms with van der Waals surface area (Å²) in [5.41, 5.74) is 4.05. The van der Waals surface area contributed by atoms with Gasteiger partial charge < -0.3 is 10.1 Å². The van der Waals surface area contributed by atoms with E-state index in [1.807, 2.05) is 19.2 Å². The van der Waals surface area contributed by atoms with E-state index in [0.29, 0.717) is 52.5 Å². The number of hydrogen-bond acceptors (Lipinski definition) is 10. The van der Waals surface area contributed by atoms with Crippen molar-refractivity contribution in [3.8, 4) is 17.3 Å². The molecule has 1 atom stereocenters. The number of ether oxygens (including phenoxy) is 1. The molecule has 2 fully saturated rings. The minimum atomic E-state index is -0.192. The molecule has 11 heteroatoms. The van der Waals surface area contributed by atoms with Crippen molar-refractivity contribution in [2.24, 2.45) is 5.92 Å². The molecule has 0 amide bonds. The molecule has 0 unspecified atom stereocenters. The Morgan fingerprint density at radius 1 is 1.13 bits per heavy atom. The fourth-order valence-corrected chi connectivity index (χ4v) is 5.59. The zero-order chi connectivity index (χ0) is 27.1. The largest absolute Gasteiger partial charge is 0.480 e. The molecule has 2 aliphatic rings. The van der Waals surface area contributed by atoms with Gasteiger partial charge in [0.2, 0.25) is 5.88 Å². The predicted octanol–water partition coefficient (Wildman–Crippen LogP) is 4.93. The van der Waals surface area contributed by atoms with Crippen LogP contribution in [0.5, 0.6) is 5.88 Å². The molecule has 0 bridgehead atoms. The van der Waals surface area contributed by atoms with Crippen molar-refractivity contribution in [3.05, 3.63) is 52.1 Å². The summed E-state index contributed by atoms with van der Waals surface area (Å²) in [5.74, 6) is 2.96. The van der Waals surface area contributed by atoms with E-state index in [0.717, 1.165) is 47.7 Å². The molecule has 4 aromatic heterocycles. The maximum Gasteiger partial charge on any atom is 0.295 e. The smallest absolute Gasteiger partial charge is 0.295 e. The molecular weight excluding hydrogens is 512 g/mol. The maximum atomic E-state index is 13.9. The summed E-state index contributed by atoms with van der Waals surface area (Å²) in [7, 11) is 1.59. The van der Waals surface area contributed by atoms with Crippen LogP contribution in [0.3, 0.4) is 0 Å². The summed E-state index contributed by atoms with van der Waals surface area (Å²) in [6.07, 6.45) is 7.71. The Morgan fingerprint density at radius 2 is 1.95 bits per heavy atom. The normalized spacial score (nSPS) is 15.9. The van der Waals surface area contributed by atoms with Crippen molar-refractivity contribution in [2.45, 2.75) is 69.9 Å². The van der Waals surface area contributed by atoms with E-state index in [1.165, 1.54) is 6.33 Å². The Labute approximate surface area is 231 Å². The lowest BCUT2D eigenvalue weighted by Gasteiger charge is -2.20. The molecule has 39 heavy (non-hydrogen) atoms. The average Bonchev–Trinajstić information content (AvgIpc) is 3.86. The Morgan fingerprint density at radius 3 is 2.62 bits per heavy atom. The van der Waals surface area contributed by atoms with Gasteiger partial charge in [0.05, 0.1) is 30.7 Å². The van der Waals surface area contributed by atoms with Gasteiger partial charge in [-0.15, -0.1) is 11.8 Å². The number of nitrogens with zero attached hydrogens (tertiary/aromatic N) is 7. The van der Waals surface area contributed by atoms with Gasteiger partial charge in [-0.1, -0.05) is 6.92 Å². The number of anilines is 1. The summed E-state index contributed by atoms with van der Waals surface area (Å²) in [5, 5.41) is 3.24. The molecule has 1 N–H and O–H groups in total. The van der Waals surface area contributed by atoms with Gasteiger partial charge in [-0.2, -0.15) is 0 Å². The molecule has 0 saturated heterocycles. The lowest BCUT2D eigenvalue weighted by molar-refractivity contribution is 0.397. The minimum absolute atomic E-state index is 0.0222. The third-order valence-corrected chi connectivity index (χ3v) is 8.26. The molecule has 2 saturated carbocycles. The van der Waals surface area contributed by atoms with Crippen LogP contribution < -0.4 is 15.6 Å². The van der Waals surface area contributed by atoms with E-state index in [2.05, 4.69) is 40.2 Å². The van der Waals surface area contributed by atoms with E-state index >= 15 is 0 Å². The second-order valence-electron chi connectivity index (χ2n) is 10.2. The minimum Gasteiger partial charge on any atom is -0.480 e. The van der Waals surface area contributed by atoms with Gasteiger partial charge in [0, 0.05) is 23.1 Å². The van der Waals surface area contributed by atoms with Crippen LogP contribution in [-0.4, -0.2) is 47.3 Å². The second-order valence-corrected chi connectivity index (χ2v) is 11.5. The Kier molecular flexibility index (Phi) is 6.92. The number of fused-ring (bicyclic) bond motifs is 1. The average molecular weight is 545 g/mol. The SMILES string of the molecule is CCSc1ccc(CNc2nc3c(C)nc(-c4c(OC)ncnc4C4CC4)nc3n([C@@H](C)C3CC3)c2=O)nc1. The highest BCUT2D eigenvalue weighted by Crippen LogP contribution is 2.45. The Hall–Kier alpha value is -3.60. The van der Waals surface area contributed by atoms with Crippen molar-refractivity contribution in [3.63, 3.8) is 0 Å². The number of pyridine rings is 1. The number of aryl methyl sites for hydroxylation is 1.